The molecule has 0 spiro atoms. The summed E-state index contributed by atoms with van der Waals surface area (Å²) in [6.45, 7) is 4.13. The standard InChI is InChI=1S/C37H41BrClFN4O4/c1-2-43(21-26-8-3-4-9-31(26)39)37(47)36-29(20-28-22-44(23-32(36)42-28)35(46)11-5-10-34(41)45)25-14-12-24(13-15-25)7-6-18-48-33-19-27(40)16-17-30(33)38/h3-4,8-9,12-17,19,28,32,42H,2,5-7,10-11,18,20-23H2,1H3,(H2,41,45). The molecule has 48 heavy (non-hydrogen) atoms. The number of piperazine rings is 1. The minimum atomic E-state index is -0.421. The van der Waals surface area contributed by atoms with Crippen molar-refractivity contribution >= 4 is 50.8 Å². The zero-order chi connectivity index (χ0) is 34.2. The molecule has 254 valence electrons. The van der Waals surface area contributed by atoms with Gasteiger partial charge in [0.25, 0.3) is 5.91 Å². The number of nitrogens with zero attached hydrogens (tertiary/aromatic N) is 2. The van der Waals surface area contributed by atoms with Crippen LogP contribution in [0.15, 0.2) is 76.8 Å². The fraction of sp³-hybridized carbons (Fsp3) is 0.378. The second kappa shape index (κ2) is 16.6. The lowest BCUT2D eigenvalue weighted by Crippen LogP contribution is -2.62. The number of carbonyl (C=O) groups is 3. The maximum absolute atomic E-state index is 14.4. The van der Waals surface area contributed by atoms with Crippen molar-refractivity contribution in [3.63, 3.8) is 0 Å². The molecular weight excluding hydrogens is 699 g/mol. The predicted octanol–water partition coefficient (Wildman–Crippen LogP) is 6.28. The lowest BCUT2D eigenvalue weighted by molar-refractivity contribution is -0.134. The van der Waals surface area contributed by atoms with Crippen LogP contribution in [0.2, 0.25) is 5.02 Å². The minimum Gasteiger partial charge on any atom is -0.492 e. The van der Waals surface area contributed by atoms with Gasteiger partial charge < -0.3 is 25.6 Å². The highest BCUT2D eigenvalue weighted by atomic mass is 79.9. The summed E-state index contributed by atoms with van der Waals surface area (Å²) in [6.07, 6.45) is 2.92. The Bertz CT molecular complexity index is 1670. The fourth-order valence-corrected chi connectivity index (χ4v) is 6.95. The van der Waals surface area contributed by atoms with Gasteiger partial charge >= 0.3 is 0 Å². The molecule has 5 rings (SSSR count). The van der Waals surface area contributed by atoms with Crippen LogP contribution in [-0.2, 0) is 27.3 Å². The van der Waals surface area contributed by atoms with E-state index in [4.69, 9.17) is 22.1 Å². The van der Waals surface area contributed by atoms with E-state index in [1.807, 2.05) is 36.1 Å². The quantitative estimate of drug-likeness (QED) is 0.190. The smallest absolute Gasteiger partial charge is 0.252 e. The van der Waals surface area contributed by atoms with Crippen LogP contribution in [0.1, 0.15) is 55.7 Å². The van der Waals surface area contributed by atoms with Gasteiger partial charge in [-0.3, -0.25) is 14.4 Å². The van der Waals surface area contributed by atoms with E-state index in [2.05, 4.69) is 45.5 Å². The third-order valence-corrected chi connectivity index (χ3v) is 9.88. The number of fused-ring (bicyclic) bond motifs is 2. The first-order valence-electron chi connectivity index (χ1n) is 16.4. The highest BCUT2D eigenvalue weighted by Crippen LogP contribution is 2.35. The Labute approximate surface area is 294 Å². The molecule has 2 heterocycles. The number of likely N-dealkylation sites (N-methyl/N-ethyl adjacent to an activating group) is 1. The van der Waals surface area contributed by atoms with E-state index < -0.39 is 5.91 Å². The van der Waals surface area contributed by atoms with Crippen molar-refractivity contribution in [3.8, 4) is 5.75 Å². The van der Waals surface area contributed by atoms with Crippen molar-refractivity contribution in [1.29, 1.82) is 0 Å². The second-order valence-corrected chi connectivity index (χ2v) is 13.5. The number of halogens is 3. The second-order valence-electron chi connectivity index (χ2n) is 12.3. The van der Waals surface area contributed by atoms with E-state index >= 15 is 0 Å². The number of benzene rings is 3. The summed E-state index contributed by atoms with van der Waals surface area (Å²) in [7, 11) is 0. The maximum Gasteiger partial charge on any atom is 0.252 e. The van der Waals surface area contributed by atoms with Crippen LogP contribution in [-0.4, -0.2) is 65.8 Å². The van der Waals surface area contributed by atoms with Gasteiger partial charge in [-0.05, 0) is 89.0 Å². The molecule has 3 aromatic rings. The number of amides is 3. The summed E-state index contributed by atoms with van der Waals surface area (Å²) in [5.41, 5.74) is 9.91. The summed E-state index contributed by atoms with van der Waals surface area (Å²) in [4.78, 5) is 42.4. The van der Waals surface area contributed by atoms with Crippen LogP contribution in [0.4, 0.5) is 4.39 Å². The number of rotatable bonds is 14. The number of primary amides is 1. The first-order valence-corrected chi connectivity index (χ1v) is 17.5. The first-order chi connectivity index (χ1) is 23.1. The molecule has 1 saturated heterocycles. The number of nitrogens with two attached hydrogens (primary N) is 1. The molecule has 2 bridgehead atoms. The Morgan fingerprint density at radius 2 is 1.83 bits per heavy atom. The summed E-state index contributed by atoms with van der Waals surface area (Å²) < 4.78 is 20.1. The molecule has 2 atom stereocenters. The predicted molar refractivity (Wildman–Crippen MR) is 189 cm³/mol. The lowest BCUT2D eigenvalue weighted by Gasteiger charge is -2.45. The van der Waals surface area contributed by atoms with E-state index in [-0.39, 0.29) is 42.6 Å². The number of ether oxygens (including phenoxy) is 1. The fourth-order valence-electron chi connectivity index (χ4n) is 6.39. The van der Waals surface area contributed by atoms with Crippen LogP contribution in [0.3, 0.4) is 0 Å². The normalized spacial score (nSPS) is 17.3. The van der Waals surface area contributed by atoms with E-state index in [9.17, 15) is 18.8 Å². The largest absolute Gasteiger partial charge is 0.492 e. The number of hydrogen-bond acceptors (Lipinski definition) is 5. The molecule has 2 unspecified atom stereocenters. The van der Waals surface area contributed by atoms with Gasteiger partial charge in [-0.25, -0.2) is 4.39 Å². The van der Waals surface area contributed by atoms with Gasteiger partial charge in [0.15, 0.2) is 0 Å². The van der Waals surface area contributed by atoms with Crippen molar-refractivity contribution < 1.29 is 23.5 Å². The average Bonchev–Trinajstić information content (AvgIpc) is 3.07. The molecule has 0 aliphatic carbocycles. The van der Waals surface area contributed by atoms with Gasteiger partial charge in [-0.2, -0.15) is 0 Å². The number of aryl methyl sites for hydroxylation is 1. The van der Waals surface area contributed by atoms with Crippen molar-refractivity contribution in [3.05, 3.63) is 104 Å². The number of nitrogens with one attached hydrogen (secondary N) is 1. The van der Waals surface area contributed by atoms with Crippen molar-refractivity contribution in [2.75, 3.05) is 26.2 Å². The van der Waals surface area contributed by atoms with Crippen LogP contribution < -0.4 is 15.8 Å². The van der Waals surface area contributed by atoms with Gasteiger partial charge in [0.05, 0.1) is 17.1 Å². The molecule has 0 radical (unpaired) electrons. The van der Waals surface area contributed by atoms with Crippen LogP contribution >= 0.6 is 27.5 Å². The van der Waals surface area contributed by atoms with Gasteiger partial charge in [0.1, 0.15) is 11.6 Å². The van der Waals surface area contributed by atoms with Gasteiger partial charge in [0, 0.05) is 61.7 Å². The third kappa shape index (κ3) is 9.03. The Hall–Kier alpha value is -3.73. The molecule has 3 aromatic carbocycles. The highest BCUT2D eigenvalue weighted by molar-refractivity contribution is 9.10. The molecule has 0 saturated carbocycles. The monoisotopic (exact) mass is 738 g/mol. The van der Waals surface area contributed by atoms with E-state index in [1.54, 1.807) is 11.0 Å². The molecule has 3 amide bonds. The Morgan fingerprint density at radius 1 is 1.06 bits per heavy atom. The van der Waals surface area contributed by atoms with Crippen LogP contribution in [0.5, 0.6) is 5.75 Å². The van der Waals surface area contributed by atoms with Crippen LogP contribution in [0.25, 0.3) is 5.57 Å². The summed E-state index contributed by atoms with van der Waals surface area (Å²) in [5, 5.41) is 4.23. The average molecular weight is 740 g/mol. The molecule has 8 nitrogen and oxygen atoms in total. The molecule has 1 fully saturated rings. The third-order valence-electron chi connectivity index (χ3n) is 8.85. The molecular formula is C37H41BrClFN4O4. The van der Waals surface area contributed by atoms with Crippen molar-refractivity contribution in [1.82, 2.24) is 15.1 Å². The zero-order valence-electron chi connectivity index (χ0n) is 27.0. The minimum absolute atomic E-state index is 0.0204. The zero-order valence-corrected chi connectivity index (χ0v) is 29.4. The molecule has 11 heteroatoms. The SMILES string of the molecule is CCN(Cc1ccccc1Cl)C(=O)C1=C(c2ccc(CCCOc3cc(F)ccc3Br)cc2)CC2CN(C(=O)CCCC(N)=O)CC1N2. The topological polar surface area (TPSA) is 105 Å². The van der Waals surface area contributed by atoms with Gasteiger partial charge in [-0.15, -0.1) is 0 Å². The summed E-state index contributed by atoms with van der Waals surface area (Å²) in [6, 6.07) is 19.8. The van der Waals surface area contributed by atoms with Gasteiger partial charge in [0.2, 0.25) is 11.8 Å². The van der Waals surface area contributed by atoms with Crippen molar-refractivity contribution in [2.24, 2.45) is 5.73 Å². The van der Waals surface area contributed by atoms with E-state index in [0.29, 0.717) is 66.4 Å². The Kier molecular flexibility index (Phi) is 12.3. The van der Waals surface area contributed by atoms with E-state index in [0.717, 1.165) is 35.1 Å². The molecule has 3 N–H and O–H groups in total. The Morgan fingerprint density at radius 3 is 2.56 bits per heavy atom. The number of carbonyl (C=O) groups excluding carboxylic acids is 3. The maximum atomic E-state index is 14.4. The molecule has 2 aliphatic heterocycles. The van der Waals surface area contributed by atoms with Crippen LogP contribution in [0, 0.1) is 5.82 Å². The molecule has 0 aromatic heterocycles. The summed E-state index contributed by atoms with van der Waals surface area (Å²) in [5.74, 6) is -0.410. The first kappa shape index (κ1) is 35.6. The van der Waals surface area contributed by atoms with Crippen molar-refractivity contribution in [2.45, 2.75) is 64.1 Å². The highest BCUT2D eigenvalue weighted by Gasteiger charge is 2.40. The lowest BCUT2D eigenvalue weighted by atomic mass is 9.82. The Balaban J connectivity index is 1.36. The van der Waals surface area contributed by atoms with Gasteiger partial charge in [-0.1, -0.05) is 54.1 Å². The molecule has 2 aliphatic rings. The summed E-state index contributed by atoms with van der Waals surface area (Å²) >= 11 is 9.88. The van der Waals surface area contributed by atoms with E-state index in [1.165, 1.54) is 12.1 Å². The number of hydrogen-bond donors (Lipinski definition) is 2.